The van der Waals surface area contributed by atoms with Gasteiger partial charge in [-0.2, -0.15) is 0 Å². The highest BCUT2D eigenvalue weighted by atomic mass is 32.2. The van der Waals surface area contributed by atoms with Gasteiger partial charge in [0, 0.05) is 0 Å². The highest BCUT2D eigenvalue weighted by molar-refractivity contribution is 8.14. The van der Waals surface area contributed by atoms with Crippen molar-refractivity contribution in [2.75, 3.05) is 13.7 Å². The molecule has 1 aliphatic heterocycles. The molecule has 1 heterocycles. The highest BCUT2D eigenvalue weighted by Gasteiger charge is 2.43. The fourth-order valence-electron chi connectivity index (χ4n) is 2.95. The number of rotatable bonds is 9. The van der Waals surface area contributed by atoms with Crippen molar-refractivity contribution in [3.8, 4) is 5.75 Å². The van der Waals surface area contributed by atoms with Crippen molar-refractivity contribution in [3.05, 3.63) is 39.9 Å². The van der Waals surface area contributed by atoms with Gasteiger partial charge in [0.2, 0.25) is 0 Å². The molecule has 10 nitrogen and oxygen atoms in total. The molecule has 2 N–H and O–H groups in total. The van der Waals surface area contributed by atoms with E-state index in [-0.39, 0.29) is 5.24 Å². The third kappa shape index (κ3) is 5.16. The third-order valence-electron chi connectivity index (χ3n) is 4.14. The van der Waals surface area contributed by atoms with Gasteiger partial charge in [0.25, 0.3) is 10.3 Å². The molecule has 1 aromatic carbocycles. The minimum absolute atomic E-state index is 0.354. The number of ether oxygens (including phenoxy) is 1. The van der Waals surface area contributed by atoms with Crippen LogP contribution in [0.4, 0.5) is 9.59 Å². The van der Waals surface area contributed by atoms with Crippen LogP contribution in [0.3, 0.4) is 0 Å². The van der Waals surface area contributed by atoms with E-state index in [4.69, 9.17) is 4.74 Å². The largest absolute Gasteiger partial charge is 0.497 e. The zero-order valence-electron chi connectivity index (χ0n) is 14.9. The number of carbonyl (C=O) groups excluding carboxylic acids is 1. The zero-order valence-corrected chi connectivity index (χ0v) is 15.7. The van der Waals surface area contributed by atoms with Gasteiger partial charge in [0.05, 0.1) is 18.4 Å². The Labute approximate surface area is 159 Å². The van der Waals surface area contributed by atoms with Gasteiger partial charge >= 0.3 is 6.09 Å². The van der Waals surface area contributed by atoms with E-state index in [1.165, 1.54) is 7.11 Å². The van der Waals surface area contributed by atoms with Gasteiger partial charge in [-0.05, 0) is 24.1 Å². The average molecular weight is 399 g/mol. The van der Waals surface area contributed by atoms with Crippen LogP contribution in [0.2, 0.25) is 0 Å². The molecule has 1 saturated heterocycles. The topological polar surface area (TPSA) is 131 Å². The molecule has 0 aromatic heterocycles. The molecule has 1 unspecified atom stereocenters. The molecule has 1 aromatic rings. The molecule has 0 radical (unpaired) electrons. The second kappa shape index (κ2) is 9.31. The summed E-state index contributed by atoms with van der Waals surface area (Å²) in [6.07, 6.45) is -1.21. The lowest BCUT2D eigenvalue weighted by Crippen LogP contribution is -2.54. The zero-order chi connectivity index (χ0) is 20.0. The van der Waals surface area contributed by atoms with E-state index in [0.717, 1.165) is 22.2 Å². The number of carboxylic acid groups (broad SMARTS) is 1. The lowest BCUT2D eigenvalue weighted by atomic mass is 10.1. The number of nitrogens with zero attached hydrogens (tertiary/aromatic N) is 2. The summed E-state index contributed by atoms with van der Waals surface area (Å²) in [4.78, 5) is 40.0. The van der Waals surface area contributed by atoms with Gasteiger partial charge in [0.1, 0.15) is 18.5 Å². The quantitative estimate of drug-likeness (QED) is 0.479. The van der Waals surface area contributed by atoms with Gasteiger partial charge in [-0.25, -0.2) is 4.79 Å². The van der Waals surface area contributed by atoms with Crippen molar-refractivity contribution in [3.63, 3.8) is 0 Å². The predicted octanol–water partition coefficient (Wildman–Crippen LogP) is 2.88. The van der Waals surface area contributed by atoms with Crippen LogP contribution in [-0.2, 0) is 4.84 Å². The molecule has 0 spiro atoms. The van der Waals surface area contributed by atoms with Crippen LogP contribution >= 0.6 is 11.8 Å². The Morgan fingerprint density at radius 2 is 2.11 bits per heavy atom. The Bertz CT molecular complexity index is 685. The van der Waals surface area contributed by atoms with Crippen LogP contribution < -0.4 is 10.1 Å². The van der Waals surface area contributed by atoms with Crippen molar-refractivity contribution in [2.24, 2.45) is 0 Å². The lowest BCUT2D eigenvalue weighted by Gasteiger charge is -2.35. The Morgan fingerprint density at radius 3 is 2.63 bits per heavy atom. The molecule has 0 saturated carbocycles. The number of benzene rings is 1. The number of nitrogens with one attached hydrogen (secondary N) is 1. The van der Waals surface area contributed by atoms with Crippen LogP contribution in [-0.4, -0.2) is 52.3 Å². The SMILES string of the molecule is CCC[C@@H](CO[N+](=O)[O-])N(C(=O)O)[C@H]1NC(=O)SC1c1ccc(OC)cc1. The monoisotopic (exact) mass is 399 g/mol. The summed E-state index contributed by atoms with van der Waals surface area (Å²) in [7, 11) is 1.53. The van der Waals surface area contributed by atoms with E-state index in [2.05, 4.69) is 10.2 Å². The van der Waals surface area contributed by atoms with Gasteiger partial charge in [-0.3, -0.25) is 9.69 Å². The van der Waals surface area contributed by atoms with Crippen molar-refractivity contribution in [1.82, 2.24) is 10.2 Å². The first-order valence-corrected chi connectivity index (χ1v) is 9.15. The molecule has 3 atom stereocenters. The first kappa shape index (κ1) is 20.6. The maximum atomic E-state index is 12.0. The number of methoxy groups -OCH3 is 1. The van der Waals surface area contributed by atoms with E-state index in [1.54, 1.807) is 24.3 Å². The Hall–Kier alpha value is -2.69. The summed E-state index contributed by atoms with van der Waals surface area (Å²) < 4.78 is 5.12. The molecule has 27 heavy (non-hydrogen) atoms. The number of hydrogen-bond donors (Lipinski definition) is 2. The fourth-order valence-corrected chi connectivity index (χ4v) is 4.00. The van der Waals surface area contributed by atoms with E-state index in [0.29, 0.717) is 18.6 Å². The first-order chi connectivity index (χ1) is 12.9. The lowest BCUT2D eigenvalue weighted by molar-refractivity contribution is -0.758. The van der Waals surface area contributed by atoms with Gasteiger partial charge in [-0.1, -0.05) is 37.2 Å². The van der Waals surface area contributed by atoms with E-state index >= 15 is 0 Å². The summed E-state index contributed by atoms with van der Waals surface area (Å²) >= 11 is 0.975. The van der Waals surface area contributed by atoms with Crippen molar-refractivity contribution in [1.29, 1.82) is 0 Å². The maximum Gasteiger partial charge on any atom is 0.409 e. The van der Waals surface area contributed by atoms with E-state index in [9.17, 15) is 24.8 Å². The van der Waals surface area contributed by atoms with Gasteiger partial charge < -0.3 is 20.0 Å². The summed E-state index contributed by atoms with van der Waals surface area (Å²) in [5.74, 6) is 0.635. The molecular formula is C16H21N3O7S. The maximum absolute atomic E-state index is 12.0. The standard InChI is InChI=1S/C16H21N3O7S/c1-3-4-11(9-26-19(23)24)18(16(21)22)14-13(27-15(20)17-14)10-5-7-12(25-2)8-6-10/h5-8,11,13-14H,3-4,9H2,1-2H3,(H,17,20)(H,21,22)/t11-,13?,14+/m0/s1. The first-order valence-electron chi connectivity index (χ1n) is 8.27. The van der Waals surface area contributed by atoms with E-state index < -0.39 is 35.2 Å². The Balaban J connectivity index is 2.31. The minimum atomic E-state index is -1.29. The molecule has 148 valence electrons. The van der Waals surface area contributed by atoms with E-state index in [1.807, 2.05) is 6.92 Å². The van der Waals surface area contributed by atoms with Crippen molar-refractivity contribution in [2.45, 2.75) is 37.2 Å². The number of carbonyl (C=O) groups is 2. The van der Waals surface area contributed by atoms with Gasteiger partial charge in [-0.15, -0.1) is 10.1 Å². The molecule has 2 rings (SSSR count). The van der Waals surface area contributed by atoms with Crippen LogP contribution in [0.5, 0.6) is 5.75 Å². The second-order valence-electron chi connectivity index (χ2n) is 5.84. The van der Waals surface area contributed by atoms with Crippen LogP contribution in [0.25, 0.3) is 0 Å². The summed E-state index contributed by atoms with van der Waals surface area (Å²) in [5.41, 5.74) is 0.737. The summed E-state index contributed by atoms with van der Waals surface area (Å²) in [5, 5.41) is 21.1. The normalized spacial score (nSPS) is 19.9. The second-order valence-corrected chi connectivity index (χ2v) is 6.95. The smallest absolute Gasteiger partial charge is 0.409 e. The average Bonchev–Trinajstić information content (AvgIpc) is 3.00. The van der Waals surface area contributed by atoms with Crippen molar-refractivity contribution < 1.29 is 29.4 Å². The summed E-state index contributed by atoms with van der Waals surface area (Å²) in [6, 6.07) is 6.18. The molecule has 11 heteroatoms. The fraction of sp³-hybridized carbons (Fsp3) is 0.500. The van der Waals surface area contributed by atoms with Crippen LogP contribution in [0.15, 0.2) is 24.3 Å². The molecule has 1 fully saturated rings. The Morgan fingerprint density at radius 1 is 1.44 bits per heavy atom. The van der Waals surface area contributed by atoms with Gasteiger partial charge in [0.15, 0.2) is 0 Å². The molecule has 2 amide bonds. The Kier molecular flexibility index (Phi) is 7.11. The number of hydrogen-bond acceptors (Lipinski definition) is 7. The predicted molar refractivity (Wildman–Crippen MR) is 97.2 cm³/mol. The molecule has 0 aliphatic carbocycles. The van der Waals surface area contributed by atoms with Crippen molar-refractivity contribution >= 4 is 23.1 Å². The molecular weight excluding hydrogens is 378 g/mol. The number of amides is 2. The minimum Gasteiger partial charge on any atom is -0.497 e. The number of thioether (sulfide) groups is 1. The van der Waals surface area contributed by atoms with Crippen LogP contribution in [0.1, 0.15) is 30.6 Å². The highest BCUT2D eigenvalue weighted by Crippen LogP contribution is 2.40. The van der Waals surface area contributed by atoms with Crippen LogP contribution in [0, 0.1) is 10.1 Å². The third-order valence-corrected chi connectivity index (χ3v) is 5.25. The summed E-state index contributed by atoms with van der Waals surface area (Å²) in [6.45, 7) is 1.43. The molecule has 0 bridgehead atoms. The molecule has 1 aliphatic rings.